The third kappa shape index (κ3) is 4.01. The number of para-hydroxylation sites is 1. The number of hydrogen-bond acceptors (Lipinski definition) is 4. The fraction of sp³-hybridized carbons (Fsp3) is 0.450. The Labute approximate surface area is 165 Å². The van der Waals surface area contributed by atoms with Crippen LogP contribution in [0.5, 0.6) is 0 Å². The first-order valence-electron chi connectivity index (χ1n) is 9.09. The first-order chi connectivity index (χ1) is 13.1. The zero-order valence-corrected chi connectivity index (χ0v) is 17.6. The van der Waals surface area contributed by atoms with E-state index in [9.17, 15) is 14.4 Å². The maximum absolute atomic E-state index is 13.3. The summed E-state index contributed by atoms with van der Waals surface area (Å²) < 4.78 is 3.21. The van der Waals surface area contributed by atoms with Crippen LogP contribution >= 0.6 is 0 Å². The summed E-state index contributed by atoms with van der Waals surface area (Å²) in [6.45, 7) is 3.51. The number of benzene rings is 1. The normalized spacial score (nSPS) is 12.1. The minimum Gasteiger partial charge on any atom is -0.347 e. The lowest BCUT2D eigenvalue weighted by molar-refractivity contribution is -0.132. The average Bonchev–Trinajstić information content (AvgIpc) is 2.84. The van der Waals surface area contributed by atoms with Crippen molar-refractivity contribution in [2.24, 2.45) is 7.05 Å². The molecule has 1 aromatic carbocycles. The van der Waals surface area contributed by atoms with Crippen LogP contribution in [0, 0.1) is 6.92 Å². The largest absolute Gasteiger partial charge is 0.347 e. The standard InChI is InChI=1S/C20H29N5O3/c1-14-18(20(28)25(23(14)7)16-11-9-8-10-12-16)24(17(26)13-21(3)4)15(2)19(27)22(5)6/h8-12,15H,13H2,1-7H3. The minimum atomic E-state index is -0.805. The van der Waals surface area contributed by atoms with E-state index in [2.05, 4.69) is 0 Å². The van der Waals surface area contributed by atoms with Crippen molar-refractivity contribution < 1.29 is 9.59 Å². The first kappa shape index (κ1) is 21.4. The molecule has 1 atom stereocenters. The van der Waals surface area contributed by atoms with E-state index in [1.165, 1.54) is 14.5 Å². The van der Waals surface area contributed by atoms with Gasteiger partial charge in [-0.3, -0.25) is 24.0 Å². The predicted octanol–water partition coefficient (Wildman–Crippen LogP) is 0.856. The molecule has 0 saturated carbocycles. The maximum atomic E-state index is 13.3. The van der Waals surface area contributed by atoms with Gasteiger partial charge in [0.05, 0.1) is 17.9 Å². The van der Waals surface area contributed by atoms with E-state index in [-0.39, 0.29) is 29.6 Å². The minimum absolute atomic E-state index is 0.0875. The monoisotopic (exact) mass is 387 g/mol. The van der Waals surface area contributed by atoms with Crippen molar-refractivity contribution in [1.29, 1.82) is 0 Å². The molecule has 1 aromatic heterocycles. The van der Waals surface area contributed by atoms with Crippen molar-refractivity contribution >= 4 is 17.5 Å². The number of likely N-dealkylation sites (N-methyl/N-ethyl adjacent to an activating group) is 2. The molecule has 152 valence electrons. The number of hydrogen-bond donors (Lipinski definition) is 0. The number of rotatable bonds is 6. The predicted molar refractivity (Wildman–Crippen MR) is 110 cm³/mol. The molecule has 1 unspecified atom stereocenters. The molecule has 0 N–H and O–H groups in total. The maximum Gasteiger partial charge on any atom is 0.295 e. The van der Waals surface area contributed by atoms with Gasteiger partial charge in [0.1, 0.15) is 11.7 Å². The molecule has 0 fully saturated rings. The van der Waals surface area contributed by atoms with Crippen LogP contribution in [0.3, 0.4) is 0 Å². The lowest BCUT2D eigenvalue weighted by Crippen LogP contribution is -2.51. The summed E-state index contributed by atoms with van der Waals surface area (Å²) in [7, 11) is 8.57. The molecule has 2 amide bonds. The van der Waals surface area contributed by atoms with Crippen molar-refractivity contribution in [2.75, 3.05) is 39.6 Å². The molecule has 0 aliphatic rings. The molecule has 0 aliphatic heterocycles. The SMILES string of the molecule is Cc1c(N(C(=O)CN(C)C)C(C)C(=O)N(C)C)c(=O)n(-c2ccccc2)n1C. The van der Waals surface area contributed by atoms with Crippen LogP contribution < -0.4 is 10.5 Å². The summed E-state index contributed by atoms with van der Waals surface area (Å²) in [5, 5.41) is 0. The van der Waals surface area contributed by atoms with Crippen LogP contribution in [0.2, 0.25) is 0 Å². The second-order valence-corrected chi connectivity index (χ2v) is 7.32. The Hall–Kier alpha value is -2.87. The lowest BCUT2D eigenvalue weighted by Gasteiger charge is -2.30. The Kier molecular flexibility index (Phi) is 6.45. The molecular weight excluding hydrogens is 358 g/mol. The molecule has 0 radical (unpaired) electrons. The van der Waals surface area contributed by atoms with Gasteiger partial charge in [0, 0.05) is 21.1 Å². The molecule has 8 nitrogen and oxygen atoms in total. The van der Waals surface area contributed by atoms with E-state index in [0.29, 0.717) is 11.4 Å². The molecule has 0 aliphatic carbocycles. The number of carbonyl (C=O) groups is 2. The molecule has 28 heavy (non-hydrogen) atoms. The molecule has 8 heteroatoms. The highest BCUT2D eigenvalue weighted by atomic mass is 16.2. The zero-order chi connectivity index (χ0) is 21.2. The highest BCUT2D eigenvalue weighted by Crippen LogP contribution is 2.21. The highest BCUT2D eigenvalue weighted by molar-refractivity contribution is 6.01. The van der Waals surface area contributed by atoms with Gasteiger partial charge in [-0.05, 0) is 40.1 Å². The van der Waals surface area contributed by atoms with E-state index in [1.54, 1.807) is 58.7 Å². The summed E-state index contributed by atoms with van der Waals surface area (Å²) in [6, 6.07) is 8.40. The van der Waals surface area contributed by atoms with E-state index < -0.39 is 6.04 Å². The van der Waals surface area contributed by atoms with E-state index in [1.807, 2.05) is 30.3 Å². The zero-order valence-electron chi connectivity index (χ0n) is 17.6. The number of nitrogens with zero attached hydrogens (tertiary/aromatic N) is 5. The number of aromatic nitrogens is 2. The molecule has 0 saturated heterocycles. The van der Waals surface area contributed by atoms with Gasteiger partial charge in [0.2, 0.25) is 11.8 Å². The van der Waals surface area contributed by atoms with Gasteiger partial charge in [-0.1, -0.05) is 18.2 Å². The molecular formula is C20H29N5O3. The number of amides is 2. The van der Waals surface area contributed by atoms with E-state index in [4.69, 9.17) is 0 Å². The molecule has 0 spiro atoms. The lowest BCUT2D eigenvalue weighted by atomic mass is 10.2. The molecule has 0 bridgehead atoms. The Morgan fingerprint density at radius 2 is 1.64 bits per heavy atom. The molecule has 2 rings (SSSR count). The number of carbonyl (C=O) groups excluding carboxylic acids is 2. The highest BCUT2D eigenvalue weighted by Gasteiger charge is 2.34. The molecule has 1 heterocycles. The second-order valence-electron chi connectivity index (χ2n) is 7.32. The van der Waals surface area contributed by atoms with Crippen LogP contribution in [0.15, 0.2) is 35.1 Å². The van der Waals surface area contributed by atoms with Gasteiger partial charge in [-0.15, -0.1) is 0 Å². The summed E-state index contributed by atoms with van der Waals surface area (Å²) in [5.41, 5.74) is 1.19. The van der Waals surface area contributed by atoms with Crippen molar-refractivity contribution in [3.05, 3.63) is 46.4 Å². The van der Waals surface area contributed by atoms with Crippen LogP contribution in [0.1, 0.15) is 12.6 Å². The van der Waals surface area contributed by atoms with Gasteiger partial charge in [0.25, 0.3) is 5.56 Å². The first-order valence-corrected chi connectivity index (χ1v) is 9.09. The van der Waals surface area contributed by atoms with Crippen LogP contribution in [0.4, 0.5) is 5.69 Å². The van der Waals surface area contributed by atoms with Gasteiger partial charge >= 0.3 is 0 Å². The number of anilines is 1. The van der Waals surface area contributed by atoms with Crippen LogP contribution in [-0.2, 0) is 16.6 Å². The fourth-order valence-corrected chi connectivity index (χ4v) is 3.20. The average molecular weight is 387 g/mol. The Balaban J connectivity index is 2.68. The van der Waals surface area contributed by atoms with Gasteiger partial charge in [-0.25, -0.2) is 4.68 Å². The summed E-state index contributed by atoms with van der Waals surface area (Å²) in [4.78, 5) is 43.5. The third-order valence-electron chi connectivity index (χ3n) is 4.67. The van der Waals surface area contributed by atoms with Crippen molar-refractivity contribution in [1.82, 2.24) is 19.2 Å². The van der Waals surface area contributed by atoms with Crippen molar-refractivity contribution in [2.45, 2.75) is 19.9 Å². The molecule has 2 aromatic rings. The quantitative estimate of drug-likeness (QED) is 0.737. The summed E-state index contributed by atoms with van der Waals surface area (Å²) >= 11 is 0. The van der Waals surface area contributed by atoms with Gasteiger partial charge in [-0.2, -0.15) is 0 Å². The van der Waals surface area contributed by atoms with E-state index >= 15 is 0 Å². The second kappa shape index (κ2) is 8.43. The van der Waals surface area contributed by atoms with Crippen LogP contribution in [0.25, 0.3) is 5.69 Å². The van der Waals surface area contributed by atoms with Crippen molar-refractivity contribution in [3.8, 4) is 5.69 Å². The summed E-state index contributed by atoms with van der Waals surface area (Å²) in [6.07, 6.45) is 0. The van der Waals surface area contributed by atoms with Gasteiger partial charge in [0.15, 0.2) is 0 Å². The van der Waals surface area contributed by atoms with Crippen LogP contribution in [-0.4, -0.2) is 71.8 Å². The third-order valence-corrected chi connectivity index (χ3v) is 4.67. The van der Waals surface area contributed by atoms with Crippen molar-refractivity contribution in [3.63, 3.8) is 0 Å². The Bertz CT molecular complexity index is 912. The van der Waals surface area contributed by atoms with E-state index in [0.717, 1.165) is 0 Å². The summed E-state index contributed by atoms with van der Waals surface area (Å²) in [5.74, 6) is -0.556. The van der Waals surface area contributed by atoms with Gasteiger partial charge < -0.3 is 9.80 Å². The fourth-order valence-electron chi connectivity index (χ4n) is 3.20. The Morgan fingerprint density at radius 3 is 2.14 bits per heavy atom. The topological polar surface area (TPSA) is 70.8 Å². The Morgan fingerprint density at radius 1 is 1.07 bits per heavy atom. The smallest absolute Gasteiger partial charge is 0.295 e.